The van der Waals surface area contributed by atoms with Crippen molar-refractivity contribution in [2.24, 2.45) is 4.99 Å². The van der Waals surface area contributed by atoms with Crippen molar-refractivity contribution in [3.05, 3.63) is 23.3 Å². The minimum absolute atomic E-state index is 0.555. The lowest BCUT2D eigenvalue weighted by Crippen LogP contribution is -2.26. The van der Waals surface area contributed by atoms with Crippen LogP contribution in [0.25, 0.3) is 0 Å². The van der Waals surface area contributed by atoms with Gasteiger partial charge in [0, 0.05) is 31.1 Å². The van der Waals surface area contributed by atoms with E-state index >= 15 is 0 Å². The Balaban J connectivity index is 1.85. The van der Waals surface area contributed by atoms with Crippen LogP contribution in [0.3, 0.4) is 0 Å². The van der Waals surface area contributed by atoms with Gasteiger partial charge in [-0.2, -0.15) is 4.89 Å². The summed E-state index contributed by atoms with van der Waals surface area (Å²) in [4.78, 5) is 17.1. The van der Waals surface area contributed by atoms with E-state index in [9.17, 15) is 0 Å². The maximum Gasteiger partial charge on any atom is 0.173 e. The molecule has 0 aromatic heterocycles. The molecule has 82 valence electrons. The van der Waals surface area contributed by atoms with Crippen LogP contribution in [-0.4, -0.2) is 17.3 Å². The molecule has 1 fully saturated rings. The van der Waals surface area contributed by atoms with Gasteiger partial charge in [0.1, 0.15) is 12.4 Å². The van der Waals surface area contributed by atoms with Gasteiger partial charge in [-0.1, -0.05) is 0 Å². The smallest absolute Gasteiger partial charge is 0.173 e. The second-order valence-corrected chi connectivity index (χ2v) is 4.49. The molecule has 16 heavy (non-hydrogen) atoms. The van der Waals surface area contributed by atoms with Gasteiger partial charge in [-0.15, -0.1) is 0 Å². The zero-order valence-electron chi connectivity index (χ0n) is 8.90. The van der Waals surface area contributed by atoms with E-state index in [1.165, 1.54) is 17.8 Å². The molecule has 3 heterocycles. The molecule has 0 radical (unpaired) electrons. The minimum atomic E-state index is 0.555. The molecule has 4 heteroatoms. The van der Waals surface area contributed by atoms with Gasteiger partial charge in [0.05, 0.1) is 5.69 Å². The Bertz CT molecular complexity index is 496. The highest BCUT2D eigenvalue weighted by atomic mass is 17.2. The Hall–Kier alpha value is -1.55. The standard InChI is InChI=1S/C12H12N2O2/c1-2-12-13-10-5-11-9(7-15-16-11)4-8(10)6-14(12)3-1/h4-5H,1-3,6-7H2. The summed E-state index contributed by atoms with van der Waals surface area (Å²) in [6.45, 7) is 2.68. The van der Waals surface area contributed by atoms with Crippen LogP contribution in [0.5, 0.6) is 5.75 Å². The molecule has 1 saturated heterocycles. The lowest BCUT2D eigenvalue weighted by atomic mass is 10.1. The molecular formula is C12H12N2O2. The molecule has 1 aromatic carbocycles. The molecule has 0 atom stereocenters. The summed E-state index contributed by atoms with van der Waals surface area (Å²) in [5, 5.41) is 0. The van der Waals surface area contributed by atoms with E-state index in [-0.39, 0.29) is 0 Å². The summed E-state index contributed by atoms with van der Waals surface area (Å²) in [7, 11) is 0. The van der Waals surface area contributed by atoms with Gasteiger partial charge < -0.3 is 9.79 Å². The van der Waals surface area contributed by atoms with Crippen molar-refractivity contribution in [1.82, 2.24) is 4.90 Å². The normalized spacial score (nSPS) is 21.0. The SMILES string of the molecule is c1c2c(cc3c1COO3)N=C1CCCN1C2. The molecule has 0 spiro atoms. The fourth-order valence-corrected chi connectivity index (χ4v) is 2.60. The van der Waals surface area contributed by atoms with Crippen LogP contribution < -0.4 is 4.89 Å². The van der Waals surface area contributed by atoms with E-state index in [2.05, 4.69) is 11.0 Å². The van der Waals surface area contributed by atoms with Gasteiger partial charge in [0.15, 0.2) is 5.75 Å². The van der Waals surface area contributed by atoms with Crippen molar-refractivity contribution in [3.8, 4) is 5.75 Å². The fraction of sp³-hybridized carbons (Fsp3) is 0.417. The molecule has 0 aliphatic carbocycles. The average molecular weight is 216 g/mol. The molecule has 3 aliphatic heterocycles. The number of fused-ring (bicyclic) bond motifs is 3. The maximum atomic E-state index is 5.09. The van der Waals surface area contributed by atoms with Gasteiger partial charge in [-0.05, 0) is 18.1 Å². The first-order chi connectivity index (χ1) is 7.90. The highest BCUT2D eigenvalue weighted by Gasteiger charge is 2.26. The van der Waals surface area contributed by atoms with Crippen LogP contribution in [0, 0.1) is 0 Å². The molecule has 0 N–H and O–H groups in total. The maximum absolute atomic E-state index is 5.09. The van der Waals surface area contributed by atoms with E-state index in [1.54, 1.807) is 0 Å². The third kappa shape index (κ3) is 1.10. The van der Waals surface area contributed by atoms with Crippen molar-refractivity contribution in [2.75, 3.05) is 6.54 Å². The van der Waals surface area contributed by atoms with Crippen LogP contribution in [-0.2, 0) is 18.0 Å². The summed E-state index contributed by atoms with van der Waals surface area (Å²) in [6, 6.07) is 4.16. The number of nitrogens with zero attached hydrogens (tertiary/aromatic N) is 2. The number of benzene rings is 1. The molecule has 4 nitrogen and oxygen atoms in total. The predicted octanol–water partition coefficient (Wildman–Crippen LogP) is 2.15. The lowest BCUT2D eigenvalue weighted by Gasteiger charge is -2.24. The van der Waals surface area contributed by atoms with Gasteiger partial charge in [0.2, 0.25) is 0 Å². The number of hydrogen-bond donors (Lipinski definition) is 0. The van der Waals surface area contributed by atoms with Gasteiger partial charge in [-0.3, -0.25) is 0 Å². The van der Waals surface area contributed by atoms with E-state index < -0.39 is 0 Å². The summed E-state index contributed by atoms with van der Waals surface area (Å²) in [5.74, 6) is 2.06. The zero-order valence-corrected chi connectivity index (χ0v) is 8.90. The molecule has 0 unspecified atom stereocenters. The Morgan fingerprint density at radius 1 is 1.25 bits per heavy atom. The summed E-state index contributed by atoms with van der Waals surface area (Å²) in [5.41, 5.74) is 3.48. The van der Waals surface area contributed by atoms with Crippen molar-refractivity contribution in [1.29, 1.82) is 0 Å². The fourth-order valence-electron chi connectivity index (χ4n) is 2.60. The lowest BCUT2D eigenvalue weighted by molar-refractivity contribution is -0.194. The molecule has 3 aliphatic rings. The number of hydrogen-bond acceptors (Lipinski definition) is 4. The van der Waals surface area contributed by atoms with Gasteiger partial charge in [-0.25, -0.2) is 4.99 Å². The molecular weight excluding hydrogens is 204 g/mol. The Labute approximate surface area is 93.4 Å². The quantitative estimate of drug-likeness (QED) is 0.623. The summed E-state index contributed by atoms with van der Waals surface area (Å²) >= 11 is 0. The Morgan fingerprint density at radius 3 is 3.25 bits per heavy atom. The zero-order chi connectivity index (χ0) is 10.5. The molecule has 0 amide bonds. The number of rotatable bonds is 0. The monoisotopic (exact) mass is 216 g/mol. The Morgan fingerprint density at radius 2 is 2.25 bits per heavy atom. The summed E-state index contributed by atoms with van der Waals surface area (Å²) in [6.07, 6.45) is 2.33. The average Bonchev–Trinajstić information content (AvgIpc) is 2.89. The van der Waals surface area contributed by atoms with Crippen LogP contribution in [0.15, 0.2) is 17.1 Å². The largest absolute Gasteiger partial charge is 0.356 e. The highest BCUT2D eigenvalue weighted by molar-refractivity contribution is 5.88. The molecule has 0 bridgehead atoms. The van der Waals surface area contributed by atoms with E-state index in [4.69, 9.17) is 14.8 Å². The third-order valence-electron chi connectivity index (χ3n) is 3.43. The first-order valence-corrected chi connectivity index (χ1v) is 5.68. The van der Waals surface area contributed by atoms with Crippen LogP contribution in [0.4, 0.5) is 5.69 Å². The first kappa shape index (κ1) is 8.58. The minimum Gasteiger partial charge on any atom is -0.356 e. The highest BCUT2D eigenvalue weighted by Crippen LogP contribution is 2.37. The van der Waals surface area contributed by atoms with Crippen LogP contribution in [0.2, 0.25) is 0 Å². The topological polar surface area (TPSA) is 34.1 Å². The summed E-state index contributed by atoms with van der Waals surface area (Å²) < 4.78 is 0. The van der Waals surface area contributed by atoms with Crippen LogP contribution >= 0.6 is 0 Å². The van der Waals surface area contributed by atoms with E-state index in [0.29, 0.717) is 6.61 Å². The van der Waals surface area contributed by atoms with Gasteiger partial charge >= 0.3 is 0 Å². The van der Waals surface area contributed by atoms with Gasteiger partial charge in [0.25, 0.3) is 0 Å². The molecule has 1 aromatic rings. The van der Waals surface area contributed by atoms with Crippen molar-refractivity contribution in [3.63, 3.8) is 0 Å². The van der Waals surface area contributed by atoms with Crippen molar-refractivity contribution >= 4 is 11.5 Å². The third-order valence-corrected chi connectivity index (χ3v) is 3.43. The second-order valence-electron chi connectivity index (χ2n) is 4.49. The molecule has 0 saturated carbocycles. The number of amidine groups is 1. The van der Waals surface area contributed by atoms with Crippen molar-refractivity contribution in [2.45, 2.75) is 26.0 Å². The van der Waals surface area contributed by atoms with Crippen LogP contribution in [0.1, 0.15) is 24.0 Å². The van der Waals surface area contributed by atoms with E-state index in [1.807, 2.05) is 6.07 Å². The number of aliphatic imine (C=N–C) groups is 1. The molecule has 4 rings (SSSR count). The Kier molecular flexibility index (Phi) is 1.60. The first-order valence-electron chi connectivity index (χ1n) is 5.68. The van der Waals surface area contributed by atoms with E-state index in [0.717, 1.165) is 36.5 Å². The predicted molar refractivity (Wildman–Crippen MR) is 58.6 cm³/mol. The van der Waals surface area contributed by atoms with Crippen molar-refractivity contribution < 1.29 is 9.78 Å². The second kappa shape index (κ2) is 2.98.